The average molecular weight is 332 g/mol. The van der Waals surface area contributed by atoms with Crippen LogP contribution < -0.4 is 14.4 Å². The van der Waals surface area contributed by atoms with Gasteiger partial charge < -0.3 is 14.4 Å². The van der Waals surface area contributed by atoms with E-state index in [0.717, 1.165) is 43.1 Å². The van der Waals surface area contributed by atoms with Crippen LogP contribution in [0.2, 0.25) is 0 Å². The molecule has 0 unspecified atom stereocenters. The Kier molecular flexibility index (Phi) is 4.78. The van der Waals surface area contributed by atoms with Crippen molar-refractivity contribution in [3.8, 4) is 11.6 Å². The molecule has 3 rings (SSSR count). The second-order valence-electron chi connectivity index (χ2n) is 5.89. The van der Waals surface area contributed by atoms with Gasteiger partial charge in [0, 0.05) is 43.8 Å². The molecule has 0 radical (unpaired) electrons. The Hall–Kier alpha value is -2.44. The lowest BCUT2D eigenvalue weighted by Crippen LogP contribution is -2.39. The van der Waals surface area contributed by atoms with Gasteiger partial charge in [-0.15, -0.1) is 0 Å². The summed E-state index contributed by atoms with van der Waals surface area (Å²) in [4.78, 5) is 14.9. The molecule has 2 aromatic heterocycles. The fourth-order valence-electron chi connectivity index (χ4n) is 2.84. The number of anilines is 1. The Morgan fingerprint density at radius 1 is 1.17 bits per heavy atom. The number of piperidine rings is 1. The van der Waals surface area contributed by atoms with E-state index >= 15 is 0 Å². The van der Waals surface area contributed by atoms with E-state index in [9.17, 15) is 4.39 Å². The van der Waals surface area contributed by atoms with Crippen LogP contribution in [0, 0.1) is 19.7 Å². The van der Waals surface area contributed by atoms with E-state index < -0.39 is 5.82 Å². The molecule has 0 aromatic carbocycles. The van der Waals surface area contributed by atoms with Crippen molar-refractivity contribution in [2.45, 2.75) is 32.8 Å². The van der Waals surface area contributed by atoms with Gasteiger partial charge in [0.1, 0.15) is 23.5 Å². The van der Waals surface area contributed by atoms with Crippen molar-refractivity contribution in [3.63, 3.8) is 0 Å². The van der Waals surface area contributed by atoms with E-state index in [2.05, 4.69) is 19.9 Å². The highest BCUT2D eigenvalue weighted by Crippen LogP contribution is 2.25. The quantitative estimate of drug-likeness (QED) is 0.858. The molecule has 0 aliphatic carbocycles. The molecule has 6 nitrogen and oxygen atoms in total. The van der Waals surface area contributed by atoms with Crippen LogP contribution in [-0.2, 0) is 0 Å². The number of aryl methyl sites for hydroxylation is 2. The van der Waals surface area contributed by atoms with Gasteiger partial charge in [0.2, 0.25) is 5.88 Å². The topological polar surface area (TPSA) is 60.4 Å². The first-order valence-electron chi connectivity index (χ1n) is 7.98. The fraction of sp³-hybridized carbons (Fsp3) is 0.471. The summed E-state index contributed by atoms with van der Waals surface area (Å²) in [5.74, 6) is 1.65. The molecule has 0 spiro atoms. The molecule has 0 atom stereocenters. The number of pyridine rings is 1. The zero-order valence-electron chi connectivity index (χ0n) is 14.1. The van der Waals surface area contributed by atoms with Crippen LogP contribution in [0.3, 0.4) is 0 Å². The lowest BCUT2D eigenvalue weighted by Gasteiger charge is -2.33. The molecule has 1 saturated heterocycles. The third-order valence-electron chi connectivity index (χ3n) is 4.09. The van der Waals surface area contributed by atoms with Crippen LogP contribution >= 0.6 is 0 Å². The Morgan fingerprint density at radius 3 is 2.58 bits per heavy atom. The summed E-state index contributed by atoms with van der Waals surface area (Å²) in [6, 6.07) is 1.32. The standard InChI is InChI=1S/C17H21FN4O2/c1-11-9-19-12(2)21-16(11)22-6-4-13(5-7-22)24-14-8-15(18)17(23-3)20-10-14/h8-10,13H,4-7H2,1-3H3. The monoisotopic (exact) mass is 332 g/mol. The number of halogens is 1. The number of methoxy groups -OCH3 is 1. The molecule has 24 heavy (non-hydrogen) atoms. The number of hydrogen-bond donors (Lipinski definition) is 0. The molecule has 1 aliphatic heterocycles. The minimum Gasteiger partial charge on any atom is -0.489 e. The van der Waals surface area contributed by atoms with Crippen molar-refractivity contribution < 1.29 is 13.9 Å². The molecule has 7 heteroatoms. The van der Waals surface area contributed by atoms with Gasteiger partial charge in [-0.3, -0.25) is 0 Å². The zero-order valence-corrected chi connectivity index (χ0v) is 14.1. The highest BCUT2D eigenvalue weighted by Gasteiger charge is 2.23. The number of hydrogen-bond acceptors (Lipinski definition) is 6. The molecule has 0 bridgehead atoms. The average Bonchev–Trinajstić information content (AvgIpc) is 2.58. The molecular weight excluding hydrogens is 311 g/mol. The lowest BCUT2D eigenvalue weighted by molar-refractivity contribution is 0.169. The van der Waals surface area contributed by atoms with Crippen molar-refractivity contribution in [3.05, 3.63) is 35.7 Å². The molecule has 128 valence electrons. The summed E-state index contributed by atoms with van der Waals surface area (Å²) >= 11 is 0. The van der Waals surface area contributed by atoms with Gasteiger partial charge >= 0.3 is 0 Å². The lowest BCUT2D eigenvalue weighted by atomic mass is 10.1. The van der Waals surface area contributed by atoms with Crippen LogP contribution in [0.4, 0.5) is 10.2 Å². The van der Waals surface area contributed by atoms with Gasteiger partial charge in [-0.05, 0) is 13.8 Å². The molecule has 1 fully saturated rings. The van der Waals surface area contributed by atoms with Crippen LogP contribution in [0.5, 0.6) is 11.6 Å². The van der Waals surface area contributed by atoms with E-state index in [1.165, 1.54) is 19.4 Å². The number of rotatable bonds is 4. The molecule has 1 aliphatic rings. The second-order valence-corrected chi connectivity index (χ2v) is 5.89. The number of ether oxygens (including phenoxy) is 2. The van der Waals surface area contributed by atoms with Crippen molar-refractivity contribution in [1.82, 2.24) is 15.0 Å². The first kappa shape index (κ1) is 16.4. The summed E-state index contributed by atoms with van der Waals surface area (Å²) in [7, 11) is 1.39. The Labute approximate surface area is 140 Å². The van der Waals surface area contributed by atoms with E-state index in [4.69, 9.17) is 9.47 Å². The molecule has 0 amide bonds. The molecule has 2 aromatic rings. The maximum absolute atomic E-state index is 13.7. The Morgan fingerprint density at radius 2 is 1.92 bits per heavy atom. The van der Waals surface area contributed by atoms with E-state index in [1.54, 1.807) is 0 Å². The third kappa shape index (κ3) is 3.55. The highest BCUT2D eigenvalue weighted by molar-refractivity contribution is 5.45. The van der Waals surface area contributed by atoms with Crippen LogP contribution in [0.15, 0.2) is 18.5 Å². The normalized spacial score (nSPS) is 15.4. The zero-order chi connectivity index (χ0) is 17.1. The maximum atomic E-state index is 13.7. The molecule has 3 heterocycles. The summed E-state index contributed by atoms with van der Waals surface area (Å²) < 4.78 is 24.4. The van der Waals surface area contributed by atoms with Crippen molar-refractivity contribution in [1.29, 1.82) is 0 Å². The van der Waals surface area contributed by atoms with Gasteiger partial charge in [-0.1, -0.05) is 0 Å². The van der Waals surface area contributed by atoms with Crippen LogP contribution in [0.25, 0.3) is 0 Å². The first-order chi connectivity index (χ1) is 11.6. The van der Waals surface area contributed by atoms with Gasteiger partial charge in [0.15, 0.2) is 5.82 Å². The fourth-order valence-corrected chi connectivity index (χ4v) is 2.84. The SMILES string of the molecule is COc1ncc(OC2CCN(c3nc(C)ncc3C)CC2)cc1F. The third-order valence-corrected chi connectivity index (χ3v) is 4.09. The van der Waals surface area contributed by atoms with Gasteiger partial charge in [-0.25, -0.2) is 19.3 Å². The number of nitrogens with zero attached hydrogens (tertiary/aromatic N) is 4. The second kappa shape index (κ2) is 6.98. The van der Waals surface area contributed by atoms with Crippen molar-refractivity contribution in [2.75, 3.05) is 25.1 Å². The summed E-state index contributed by atoms with van der Waals surface area (Å²) in [6.45, 7) is 5.59. The smallest absolute Gasteiger partial charge is 0.250 e. The highest BCUT2D eigenvalue weighted by atomic mass is 19.1. The Bertz CT molecular complexity index is 718. The Balaban J connectivity index is 1.61. The first-order valence-corrected chi connectivity index (χ1v) is 7.98. The number of aromatic nitrogens is 3. The summed E-state index contributed by atoms with van der Waals surface area (Å²) in [5.41, 5.74) is 1.07. The molecule has 0 saturated carbocycles. The van der Waals surface area contributed by atoms with Gasteiger partial charge in [-0.2, -0.15) is 0 Å². The minimum absolute atomic E-state index is 0.0215. The van der Waals surface area contributed by atoms with Crippen molar-refractivity contribution in [2.24, 2.45) is 0 Å². The van der Waals surface area contributed by atoms with Gasteiger partial charge in [0.25, 0.3) is 0 Å². The molecular formula is C17H21FN4O2. The summed E-state index contributed by atoms with van der Waals surface area (Å²) in [6.07, 6.45) is 5.07. The summed E-state index contributed by atoms with van der Waals surface area (Å²) in [5, 5.41) is 0. The van der Waals surface area contributed by atoms with Crippen molar-refractivity contribution >= 4 is 5.82 Å². The van der Waals surface area contributed by atoms with Crippen LogP contribution in [0.1, 0.15) is 24.2 Å². The van der Waals surface area contributed by atoms with E-state index in [-0.39, 0.29) is 12.0 Å². The van der Waals surface area contributed by atoms with Gasteiger partial charge in [0.05, 0.1) is 13.3 Å². The molecule has 0 N–H and O–H groups in total. The minimum atomic E-state index is -0.514. The predicted molar refractivity (Wildman–Crippen MR) is 88.1 cm³/mol. The van der Waals surface area contributed by atoms with Crippen LogP contribution in [-0.4, -0.2) is 41.3 Å². The van der Waals surface area contributed by atoms with E-state index in [1.807, 2.05) is 20.0 Å². The predicted octanol–water partition coefficient (Wildman–Crippen LogP) is 2.68. The largest absolute Gasteiger partial charge is 0.489 e. The maximum Gasteiger partial charge on any atom is 0.250 e. The van der Waals surface area contributed by atoms with E-state index in [0.29, 0.717) is 5.75 Å².